The average molecular weight is 224 g/mol. The number of benzene rings is 1. The second-order valence-corrected chi connectivity index (χ2v) is 3.91. The highest BCUT2D eigenvalue weighted by molar-refractivity contribution is 5.90. The van der Waals surface area contributed by atoms with Gasteiger partial charge in [-0.15, -0.1) is 0 Å². The molecule has 0 saturated heterocycles. The molecule has 2 aromatic heterocycles. The fourth-order valence-corrected chi connectivity index (χ4v) is 1.85. The number of nitrogens with zero attached hydrogens (tertiary/aromatic N) is 3. The van der Waals surface area contributed by atoms with Gasteiger partial charge in [0.15, 0.2) is 5.65 Å². The molecule has 0 spiro atoms. The summed E-state index contributed by atoms with van der Waals surface area (Å²) >= 11 is 0. The van der Waals surface area contributed by atoms with E-state index in [9.17, 15) is 0 Å². The predicted octanol–water partition coefficient (Wildman–Crippen LogP) is 1.90. The maximum absolute atomic E-state index is 4.54. The van der Waals surface area contributed by atoms with E-state index in [2.05, 4.69) is 26.3 Å². The van der Waals surface area contributed by atoms with E-state index in [0.717, 1.165) is 27.8 Å². The van der Waals surface area contributed by atoms with Crippen LogP contribution in [-0.2, 0) is 6.54 Å². The van der Waals surface area contributed by atoms with Crippen LogP contribution in [0.1, 0.15) is 5.82 Å². The van der Waals surface area contributed by atoms with Crippen molar-refractivity contribution >= 4 is 21.9 Å². The number of fused-ring (bicyclic) bond motifs is 2. The molecule has 17 heavy (non-hydrogen) atoms. The molecule has 3 rings (SSSR count). The van der Waals surface area contributed by atoms with Gasteiger partial charge in [-0.3, -0.25) is 0 Å². The topological polar surface area (TPSA) is 50.7 Å². The third-order valence-electron chi connectivity index (χ3n) is 2.65. The number of pyridine rings is 1. The zero-order chi connectivity index (χ0) is 11.7. The quantitative estimate of drug-likeness (QED) is 0.675. The van der Waals surface area contributed by atoms with Crippen LogP contribution in [0.4, 0.5) is 0 Å². The average Bonchev–Trinajstić information content (AvgIpc) is 2.36. The van der Waals surface area contributed by atoms with Crippen LogP contribution in [0.3, 0.4) is 0 Å². The first-order valence-corrected chi connectivity index (χ1v) is 5.53. The molecule has 1 aromatic carbocycles. The first-order chi connectivity index (χ1) is 8.36. The zero-order valence-corrected chi connectivity index (χ0v) is 9.51. The molecule has 0 radical (unpaired) electrons. The van der Waals surface area contributed by atoms with Gasteiger partial charge in [0.2, 0.25) is 0 Å². The van der Waals surface area contributed by atoms with E-state index in [0.29, 0.717) is 6.54 Å². The summed E-state index contributed by atoms with van der Waals surface area (Å²) in [6.07, 6.45) is 1.83. The van der Waals surface area contributed by atoms with Gasteiger partial charge in [0.05, 0.1) is 12.1 Å². The molecule has 0 aliphatic rings. The molecule has 0 saturated carbocycles. The third kappa shape index (κ3) is 1.83. The fraction of sp³-hybridized carbons (Fsp3) is 0.154. The minimum Gasteiger partial charge on any atom is -0.313 e. The number of rotatable bonds is 2. The van der Waals surface area contributed by atoms with Gasteiger partial charge in [0, 0.05) is 17.0 Å². The predicted molar refractivity (Wildman–Crippen MR) is 67.6 cm³/mol. The molecule has 0 amide bonds. The van der Waals surface area contributed by atoms with Gasteiger partial charge < -0.3 is 5.32 Å². The first-order valence-electron chi connectivity index (χ1n) is 5.53. The fourth-order valence-electron chi connectivity index (χ4n) is 1.85. The smallest absolute Gasteiger partial charge is 0.163 e. The van der Waals surface area contributed by atoms with Crippen LogP contribution in [-0.4, -0.2) is 22.0 Å². The van der Waals surface area contributed by atoms with Crippen molar-refractivity contribution in [2.45, 2.75) is 6.54 Å². The highest BCUT2D eigenvalue weighted by atomic mass is 15.0. The van der Waals surface area contributed by atoms with Gasteiger partial charge in [0.25, 0.3) is 0 Å². The molecule has 2 heterocycles. The van der Waals surface area contributed by atoms with Crippen molar-refractivity contribution in [2.75, 3.05) is 7.05 Å². The molecule has 0 fully saturated rings. The highest BCUT2D eigenvalue weighted by Crippen LogP contribution is 2.17. The summed E-state index contributed by atoms with van der Waals surface area (Å²) in [7, 11) is 1.88. The van der Waals surface area contributed by atoms with Crippen molar-refractivity contribution in [1.29, 1.82) is 0 Å². The van der Waals surface area contributed by atoms with Crippen molar-refractivity contribution in [2.24, 2.45) is 0 Å². The van der Waals surface area contributed by atoms with Crippen molar-refractivity contribution in [3.8, 4) is 0 Å². The maximum Gasteiger partial charge on any atom is 0.163 e. The van der Waals surface area contributed by atoms with E-state index in [1.807, 2.05) is 37.5 Å². The Labute approximate surface area is 98.7 Å². The molecule has 1 N–H and O–H groups in total. The minimum absolute atomic E-state index is 0.657. The van der Waals surface area contributed by atoms with Gasteiger partial charge in [-0.05, 0) is 19.2 Å². The lowest BCUT2D eigenvalue weighted by Gasteiger charge is -2.02. The lowest BCUT2D eigenvalue weighted by molar-refractivity contribution is 0.763. The Hall–Kier alpha value is -2.07. The van der Waals surface area contributed by atoms with E-state index in [4.69, 9.17) is 0 Å². The van der Waals surface area contributed by atoms with Crippen LogP contribution >= 0.6 is 0 Å². The van der Waals surface area contributed by atoms with Crippen LogP contribution < -0.4 is 5.32 Å². The lowest BCUT2D eigenvalue weighted by atomic mass is 10.2. The van der Waals surface area contributed by atoms with Crippen molar-refractivity contribution < 1.29 is 0 Å². The van der Waals surface area contributed by atoms with Gasteiger partial charge in [0.1, 0.15) is 5.82 Å². The summed E-state index contributed by atoms with van der Waals surface area (Å²) in [6.45, 7) is 0.657. The number of aromatic nitrogens is 3. The summed E-state index contributed by atoms with van der Waals surface area (Å²) < 4.78 is 0. The first kappa shape index (κ1) is 10.1. The Kier molecular flexibility index (Phi) is 2.42. The molecular weight excluding hydrogens is 212 g/mol. The normalized spacial score (nSPS) is 11.1. The monoisotopic (exact) mass is 224 g/mol. The Morgan fingerprint density at radius 2 is 2.00 bits per heavy atom. The molecule has 0 unspecified atom stereocenters. The lowest BCUT2D eigenvalue weighted by Crippen LogP contribution is -2.09. The van der Waals surface area contributed by atoms with Gasteiger partial charge in [-0.25, -0.2) is 15.0 Å². The minimum atomic E-state index is 0.657. The summed E-state index contributed by atoms with van der Waals surface area (Å²) in [5.41, 5.74) is 1.72. The Balaban J connectivity index is 2.25. The molecule has 4 heteroatoms. The summed E-state index contributed by atoms with van der Waals surface area (Å²) in [5.74, 6) is 0.766. The Morgan fingerprint density at radius 1 is 1.12 bits per heavy atom. The highest BCUT2D eigenvalue weighted by Gasteiger charge is 2.02. The molecule has 4 nitrogen and oxygen atoms in total. The molecule has 3 aromatic rings. The van der Waals surface area contributed by atoms with E-state index in [1.165, 1.54) is 0 Å². The number of para-hydroxylation sites is 1. The number of nitrogens with one attached hydrogen (secondary N) is 1. The number of hydrogen-bond acceptors (Lipinski definition) is 4. The van der Waals surface area contributed by atoms with Crippen LogP contribution in [0.2, 0.25) is 0 Å². The molecule has 0 atom stereocenters. The van der Waals surface area contributed by atoms with Crippen LogP contribution in [0.5, 0.6) is 0 Å². The summed E-state index contributed by atoms with van der Waals surface area (Å²) in [5, 5.41) is 5.12. The SMILES string of the molecule is CNCc1ncc2cc3ccccc3nc2n1. The number of hydrogen-bond donors (Lipinski definition) is 1. The van der Waals surface area contributed by atoms with Crippen molar-refractivity contribution in [1.82, 2.24) is 20.3 Å². The second-order valence-electron chi connectivity index (χ2n) is 3.91. The molecule has 0 bridgehead atoms. The molecule has 0 aliphatic heterocycles. The Morgan fingerprint density at radius 3 is 2.88 bits per heavy atom. The van der Waals surface area contributed by atoms with E-state index in [-0.39, 0.29) is 0 Å². The summed E-state index contributed by atoms with van der Waals surface area (Å²) in [6, 6.07) is 10.1. The molecular formula is C13H12N4. The zero-order valence-electron chi connectivity index (χ0n) is 9.51. The van der Waals surface area contributed by atoms with Crippen molar-refractivity contribution in [3.05, 3.63) is 42.4 Å². The maximum atomic E-state index is 4.54. The largest absolute Gasteiger partial charge is 0.313 e. The standard InChI is InChI=1S/C13H12N4/c1-14-8-12-15-7-10-6-9-4-2-3-5-11(9)16-13(10)17-12/h2-7,14H,8H2,1H3. The molecule has 84 valence electrons. The van der Waals surface area contributed by atoms with Crippen LogP contribution in [0, 0.1) is 0 Å². The van der Waals surface area contributed by atoms with Gasteiger partial charge in [-0.2, -0.15) is 0 Å². The van der Waals surface area contributed by atoms with Gasteiger partial charge >= 0.3 is 0 Å². The molecule has 0 aliphatic carbocycles. The summed E-state index contributed by atoms with van der Waals surface area (Å²) in [4.78, 5) is 13.3. The van der Waals surface area contributed by atoms with Gasteiger partial charge in [-0.1, -0.05) is 18.2 Å². The van der Waals surface area contributed by atoms with Crippen LogP contribution in [0.25, 0.3) is 21.9 Å². The van der Waals surface area contributed by atoms with Crippen molar-refractivity contribution in [3.63, 3.8) is 0 Å². The van der Waals surface area contributed by atoms with E-state index in [1.54, 1.807) is 0 Å². The second kappa shape index (κ2) is 4.07. The third-order valence-corrected chi connectivity index (χ3v) is 2.65. The van der Waals surface area contributed by atoms with E-state index >= 15 is 0 Å². The van der Waals surface area contributed by atoms with E-state index < -0.39 is 0 Å². The van der Waals surface area contributed by atoms with Crippen LogP contribution in [0.15, 0.2) is 36.5 Å². The Bertz CT molecular complexity index is 678.